The maximum Gasteiger partial charge on any atom is 0.123 e. The van der Waals surface area contributed by atoms with Crippen LogP contribution in [0.2, 0.25) is 0 Å². The molecule has 1 saturated heterocycles. The zero-order valence-corrected chi connectivity index (χ0v) is 8.06. The van der Waals surface area contributed by atoms with Gasteiger partial charge in [0, 0.05) is 23.5 Å². The van der Waals surface area contributed by atoms with Crippen molar-refractivity contribution in [3.63, 3.8) is 0 Å². The van der Waals surface area contributed by atoms with E-state index in [2.05, 4.69) is 0 Å². The zero-order valence-electron chi connectivity index (χ0n) is 7.24. The zero-order chi connectivity index (χ0) is 9.26. The van der Waals surface area contributed by atoms with Crippen LogP contribution in [-0.4, -0.2) is 17.5 Å². The highest BCUT2D eigenvalue weighted by Gasteiger charge is 2.25. The average Bonchev–Trinajstić information content (AvgIpc) is 2.51. The van der Waals surface area contributed by atoms with E-state index in [0.29, 0.717) is 5.92 Å². The van der Waals surface area contributed by atoms with Gasteiger partial charge in [0.25, 0.3) is 0 Å². The van der Waals surface area contributed by atoms with E-state index < -0.39 is 0 Å². The lowest BCUT2D eigenvalue weighted by atomic mass is 9.95. The Morgan fingerprint density at radius 1 is 1.38 bits per heavy atom. The van der Waals surface area contributed by atoms with Crippen LogP contribution in [0.1, 0.15) is 11.5 Å². The molecule has 1 nitrogen and oxygen atoms in total. The molecule has 2 atom stereocenters. The highest BCUT2D eigenvalue weighted by atomic mass is 32.2. The molecule has 13 heavy (non-hydrogen) atoms. The monoisotopic (exact) mass is 197 g/mol. The lowest BCUT2D eigenvalue weighted by Gasteiger charge is -2.14. The summed E-state index contributed by atoms with van der Waals surface area (Å²) in [5.41, 5.74) is 6.96. The molecule has 0 radical (unpaired) electrons. The summed E-state index contributed by atoms with van der Waals surface area (Å²) in [6, 6.07) is 6.96. The maximum absolute atomic E-state index is 12.9. The fourth-order valence-electron chi connectivity index (χ4n) is 1.65. The van der Waals surface area contributed by atoms with Gasteiger partial charge in [-0.05, 0) is 17.7 Å². The Morgan fingerprint density at radius 2 is 2.23 bits per heavy atom. The van der Waals surface area contributed by atoms with E-state index in [9.17, 15) is 4.39 Å². The molecule has 1 aliphatic heterocycles. The smallest absolute Gasteiger partial charge is 0.123 e. The van der Waals surface area contributed by atoms with Crippen LogP contribution in [0.25, 0.3) is 0 Å². The molecule has 1 fully saturated rings. The van der Waals surface area contributed by atoms with Crippen molar-refractivity contribution >= 4 is 11.8 Å². The van der Waals surface area contributed by atoms with Gasteiger partial charge in [-0.15, -0.1) is 0 Å². The van der Waals surface area contributed by atoms with Crippen molar-refractivity contribution in [3.05, 3.63) is 35.6 Å². The predicted molar refractivity (Wildman–Crippen MR) is 54.4 cm³/mol. The van der Waals surface area contributed by atoms with Crippen molar-refractivity contribution in [2.45, 2.75) is 12.0 Å². The molecule has 0 saturated carbocycles. The average molecular weight is 197 g/mol. The third-order valence-electron chi connectivity index (χ3n) is 2.40. The second-order valence-electron chi connectivity index (χ2n) is 3.36. The SMILES string of the molecule is NC1CSCC1c1cccc(F)c1. The second kappa shape index (κ2) is 3.68. The molecule has 70 valence electrons. The van der Waals surface area contributed by atoms with E-state index in [4.69, 9.17) is 5.73 Å². The highest BCUT2D eigenvalue weighted by Crippen LogP contribution is 2.31. The Hall–Kier alpha value is -0.540. The summed E-state index contributed by atoms with van der Waals surface area (Å²) < 4.78 is 12.9. The first kappa shape index (κ1) is 9.03. The molecule has 2 N–H and O–H groups in total. The van der Waals surface area contributed by atoms with E-state index in [1.165, 1.54) is 6.07 Å². The van der Waals surface area contributed by atoms with Crippen LogP contribution in [0.4, 0.5) is 4.39 Å². The van der Waals surface area contributed by atoms with Gasteiger partial charge in [0.2, 0.25) is 0 Å². The molecule has 3 heteroatoms. The number of hydrogen-bond acceptors (Lipinski definition) is 2. The van der Waals surface area contributed by atoms with Crippen LogP contribution in [0, 0.1) is 5.82 Å². The fraction of sp³-hybridized carbons (Fsp3) is 0.400. The van der Waals surface area contributed by atoms with Crippen LogP contribution in [0.5, 0.6) is 0 Å². The van der Waals surface area contributed by atoms with Gasteiger partial charge in [0.15, 0.2) is 0 Å². The number of benzene rings is 1. The van der Waals surface area contributed by atoms with Gasteiger partial charge >= 0.3 is 0 Å². The van der Waals surface area contributed by atoms with E-state index in [-0.39, 0.29) is 11.9 Å². The Morgan fingerprint density at radius 3 is 2.85 bits per heavy atom. The Kier molecular flexibility index (Phi) is 2.56. The number of hydrogen-bond donors (Lipinski definition) is 1. The lowest BCUT2D eigenvalue weighted by molar-refractivity contribution is 0.611. The molecule has 0 bridgehead atoms. The highest BCUT2D eigenvalue weighted by molar-refractivity contribution is 7.99. The molecule has 2 rings (SSSR count). The summed E-state index contributed by atoms with van der Waals surface area (Å²) in [5, 5.41) is 0. The van der Waals surface area contributed by atoms with Gasteiger partial charge in [-0.1, -0.05) is 12.1 Å². The van der Waals surface area contributed by atoms with Crippen LogP contribution < -0.4 is 5.73 Å². The summed E-state index contributed by atoms with van der Waals surface area (Å²) in [7, 11) is 0. The van der Waals surface area contributed by atoms with Crippen molar-refractivity contribution in [3.8, 4) is 0 Å². The summed E-state index contributed by atoms with van der Waals surface area (Å²) in [6.45, 7) is 0. The van der Waals surface area contributed by atoms with E-state index in [1.54, 1.807) is 12.1 Å². The normalized spacial score (nSPS) is 27.8. The number of thioether (sulfide) groups is 1. The third kappa shape index (κ3) is 1.86. The van der Waals surface area contributed by atoms with Gasteiger partial charge in [-0.25, -0.2) is 4.39 Å². The van der Waals surface area contributed by atoms with E-state index >= 15 is 0 Å². The molecule has 0 aromatic heterocycles. The minimum atomic E-state index is -0.165. The van der Waals surface area contributed by atoms with E-state index in [1.807, 2.05) is 17.8 Å². The Bertz CT molecular complexity index is 303. The standard InChI is InChI=1S/C10H12FNS/c11-8-3-1-2-7(4-8)9-5-13-6-10(9)12/h1-4,9-10H,5-6,12H2. The number of rotatable bonds is 1. The summed E-state index contributed by atoms with van der Waals surface area (Å²) in [6.07, 6.45) is 0. The molecular weight excluding hydrogens is 185 g/mol. The second-order valence-corrected chi connectivity index (χ2v) is 4.44. The minimum Gasteiger partial charge on any atom is -0.326 e. The summed E-state index contributed by atoms with van der Waals surface area (Å²) >= 11 is 1.84. The molecule has 1 aromatic rings. The summed E-state index contributed by atoms with van der Waals surface area (Å²) in [4.78, 5) is 0. The van der Waals surface area contributed by atoms with Crippen molar-refractivity contribution < 1.29 is 4.39 Å². The first-order valence-corrected chi connectivity index (χ1v) is 5.51. The van der Waals surface area contributed by atoms with Crippen LogP contribution >= 0.6 is 11.8 Å². The Balaban J connectivity index is 2.24. The molecule has 0 aliphatic carbocycles. The van der Waals surface area contributed by atoms with Crippen LogP contribution in [0.15, 0.2) is 24.3 Å². The number of nitrogens with two attached hydrogens (primary N) is 1. The van der Waals surface area contributed by atoms with Gasteiger partial charge in [0.1, 0.15) is 5.82 Å². The molecule has 0 amide bonds. The fourth-order valence-corrected chi connectivity index (χ4v) is 2.99. The first-order chi connectivity index (χ1) is 6.27. The predicted octanol–water partition coefficient (Wildman–Crippen LogP) is 1.98. The molecule has 1 aliphatic rings. The van der Waals surface area contributed by atoms with Crippen molar-refractivity contribution in [2.24, 2.45) is 5.73 Å². The van der Waals surface area contributed by atoms with E-state index in [0.717, 1.165) is 17.1 Å². The summed E-state index contributed by atoms with van der Waals surface area (Å²) in [5.74, 6) is 2.17. The van der Waals surface area contributed by atoms with Crippen LogP contribution in [-0.2, 0) is 0 Å². The first-order valence-electron chi connectivity index (χ1n) is 4.36. The molecule has 1 heterocycles. The van der Waals surface area contributed by atoms with Crippen molar-refractivity contribution in [1.82, 2.24) is 0 Å². The molecule has 0 spiro atoms. The van der Waals surface area contributed by atoms with Gasteiger partial charge in [-0.3, -0.25) is 0 Å². The molecule has 2 unspecified atom stereocenters. The number of halogens is 1. The molecular formula is C10H12FNS. The largest absolute Gasteiger partial charge is 0.326 e. The topological polar surface area (TPSA) is 26.0 Å². The van der Waals surface area contributed by atoms with Crippen molar-refractivity contribution in [1.29, 1.82) is 0 Å². The maximum atomic E-state index is 12.9. The third-order valence-corrected chi connectivity index (χ3v) is 3.62. The lowest BCUT2D eigenvalue weighted by Crippen LogP contribution is -2.26. The van der Waals surface area contributed by atoms with Crippen molar-refractivity contribution in [2.75, 3.05) is 11.5 Å². The van der Waals surface area contributed by atoms with Gasteiger partial charge in [0.05, 0.1) is 0 Å². The quantitative estimate of drug-likeness (QED) is 0.745. The van der Waals surface area contributed by atoms with Gasteiger partial charge < -0.3 is 5.73 Å². The molecule has 1 aromatic carbocycles. The van der Waals surface area contributed by atoms with Gasteiger partial charge in [-0.2, -0.15) is 11.8 Å². The Labute approximate surface area is 81.5 Å². The van der Waals surface area contributed by atoms with Crippen LogP contribution in [0.3, 0.4) is 0 Å². The minimum absolute atomic E-state index is 0.165.